The second-order valence-electron chi connectivity index (χ2n) is 5.34. The van der Waals surface area contributed by atoms with Gasteiger partial charge in [0.15, 0.2) is 0 Å². The lowest BCUT2D eigenvalue weighted by molar-refractivity contribution is 0.0718. The van der Waals surface area contributed by atoms with E-state index < -0.39 is 10.0 Å². The fourth-order valence-corrected chi connectivity index (χ4v) is 3.76. The molecule has 0 radical (unpaired) electrons. The lowest BCUT2D eigenvalue weighted by Crippen LogP contribution is -2.56. The molecular formula is C16H15N3O3S. The fraction of sp³-hybridized carbons (Fsp3) is 0.250. The van der Waals surface area contributed by atoms with Gasteiger partial charge in [0, 0.05) is 6.20 Å². The zero-order valence-electron chi connectivity index (χ0n) is 12.5. The fourth-order valence-electron chi connectivity index (χ4n) is 2.26. The molecule has 6 nitrogen and oxygen atoms in total. The Bertz CT molecular complexity index is 851. The number of benzene rings is 1. The Morgan fingerprint density at radius 2 is 1.96 bits per heavy atom. The van der Waals surface area contributed by atoms with Crippen molar-refractivity contribution in [3.8, 4) is 11.9 Å². The number of aromatic nitrogens is 1. The van der Waals surface area contributed by atoms with Crippen LogP contribution < -0.4 is 4.74 Å². The highest BCUT2D eigenvalue weighted by Gasteiger charge is 2.38. The molecule has 1 aromatic carbocycles. The van der Waals surface area contributed by atoms with Crippen molar-refractivity contribution >= 4 is 10.0 Å². The first-order chi connectivity index (χ1) is 11.0. The van der Waals surface area contributed by atoms with E-state index in [9.17, 15) is 8.42 Å². The highest BCUT2D eigenvalue weighted by Crippen LogP contribution is 2.25. The smallest absolute Gasteiger partial charge is 0.243 e. The maximum absolute atomic E-state index is 12.4. The number of ether oxygens (including phenoxy) is 1. The molecule has 0 spiro atoms. The average Bonchev–Trinajstić information content (AvgIpc) is 2.51. The summed E-state index contributed by atoms with van der Waals surface area (Å²) in [6.07, 6.45) is 1.24. The summed E-state index contributed by atoms with van der Waals surface area (Å²) in [5.41, 5.74) is 1.35. The van der Waals surface area contributed by atoms with Crippen molar-refractivity contribution in [2.75, 3.05) is 13.1 Å². The second kappa shape index (κ2) is 5.99. The van der Waals surface area contributed by atoms with Crippen LogP contribution in [0, 0.1) is 18.3 Å². The molecule has 3 rings (SSSR count). The van der Waals surface area contributed by atoms with Gasteiger partial charge in [-0.1, -0.05) is 17.7 Å². The lowest BCUT2D eigenvalue weighted by Gasteiger charge is -2.37. The van der Waals surface area contributed by atoms with Gasteiger partial charge in [0.05, 0.1) is 18.0 Å². The van der Waals surface area contributed by atoms with E-state index in [1.165, 1.54) is 10.5 Å². The van der Waals surface area contributed by atoms with E-state index in [1.807, 2.05) is 13.0 Å². The first-order valence-electron chi connectivity index (χ1n) is 7.09. The molecule has 0 unspecified atom stereocenters. The van der Waals surface area contributed by atoms with E-state index in [1.54, 1.807) is 36.4 Å². The van der Waals surface area contributed by atoms with Gasteiger partial charge in [-0.05, 0) is 31.2 Å². The minimum atomic E-state index is -3.49. The lowest BCUT2D eigenvalue weighted by atomic mass is 10.2. The molecule has 0 bridgehead atoms. The Labute approximate surface area is 135 Å². The molecule has 7 heteroatoms. The predicted molar refractivity (Wildman–Crippen MR) is 83.3 cm³/mol. The van der Waals surface area contributed by atoms with Crippen LogP contribution in [-0.2, 0) is 10.0 Å². The Kier molecular flexibility index (Phi) is 4.03. The van der Waals surface area contributed by atoms with Crippen LogP contribution in [-0.4, -0.2) is 36.9 Å². The van der Waals surface area contributed by atoms with Crippen LogP contribution in [0.15, 0.2) is 47.5 Å². The van der Waals surface area contributed by atoms with Gasteiger partial charge in [-0.2, -0.15) is 9.57 Å². The van der Waals surface area contributed by atoms with Gasteiger partial charge in [-0.15, -0.1) is 0 Å². The molecule has 0 atom stereocenters. The summed E-state index contributed by atoms with van der Waals surface area (Å²) in [5, 5.41) is 9.00. The van der Waals surface area contributed by atoms with Crippen LogP contribution in [0.25, 0.3) is 0 Å². The Hall–Kier alpha value is -2.43. The van der Waals surface area contributed by atoms with Crippen LogP contribution in [0.4, 0.5) is 0 Å². The molecule has 2 heterocycles. The van der Waals surface area contributed by atoms with Crippen LogP contribution in [0.5, 0.6) is 5.88 Å². The summed E-state index contributed by atoms with van der Waals surface area (Å²) in [6.45, 7) is 2.40. The number of nitrogens with zero attached hydrogens (tertiary/aromatic N) is 3. The van der Waals surface area contributed by atoms with Crippen molar-refractivity contribution in [1.29, 1.82) is 5.26 Å². The van der Waals surface area contributed by atoms with Gasteiger partial charge in [-0.3, -0.25) is 0 Å². The molecule has 1 saturated heterocycles. The summed E-state index contributed by atoms with van der Waals surface area (Å²) in [6, 6.07) is 12.0. The molecular weight excluding hydrogens is 314 g/mol. The number of pyridine rings is 1. The molecule has 0 N–H and O–H groups in total. The van der Waals surface area contributed by atoms with Crippen molar-refractivity contribution in [3.63, 3.8) is 0 Å². The number of hydrogen-bond donors (Lipinski definition) is 0. The van der Waals surface area contributed by atoms with Gasteiger partial charge < -0.3 is 4.74 Å². The molecule has 2 aromatic rings. The molecule has 0 aliphatic carbocycles. The number of hydrogen-bond acceptors (Lipinski definition) is 5. The van der Waals surface area contributed by atoms with Crippen LogP contribution >= 0.6 is 0 Å². The normalized spacial score (nSPS) is 15.7. The van der Waals surface area contributed by atoms with E-state index in [4.69, 9.17) is 10.00 Å². The van der Waals surface area contributed by atoms with Gasteiger partial charge in [0.2, 0.25) is 15.9 Å². The van der Waals surface area contributed by atoms with E-state index in [2.05, 4.69) is 4.98 Å². The highest BCUT2D eigenvalue weighted by molar-refractivity contribution is 7.89. The summed E-state index contributed by atoms with van der Waals surface area (Å²) in [7, 11) is -3.49. The van der Waals surface area contributed by atoms with Crippen molar-refractivity contribution < 1.29 is 13.2 Å². The van der Waals surface area contributed by atoms with Crippen LogP contribution in [0.1, 0.15) is 11.1 Å². The molecule has 0 saturated carbocycles. The summed E-state index contributed by atoms with van der Waals surface area (Å²) >= 11 is 0. The summed E-state index contributed by atoms with van der Waals surface area (Å²) in [5.74, 6) is 0.243. The maximum atomic E-state index is 12.4. The third-order valence-electron chi connectivity index (χ3n) is 3.64. The molecule has 1 fully saturated rings. The van der Waals surface area contributed by atoms with Crippen LogP contribution in [0.2, 0.25) is 0 Å². The largest absolute Gasteiger partial charge is 0.471 e. The van der Waals surface area contributed by atoms with Gasteiger partial charge in [0.1, 0.15) is 17.7 Å². The van der Waals surface area contributed by atoms with E-state index in [0.29, 0.717) is 5.56 Å². The SMILES string of the molecule is Cc1ccc(S(=O)(=O)N2CC(Oc3ncccc3C#N)C2)cc1. The predicted octanol–water partition coefficient (Wildman–Crippen LogP) is 1.71. The van der Waals surface area contributed by atoms with Crippen LogP contribution in [0.3, 0.4) is 0 Å². The molecule has 1 aliphatic heterocycles. The molecule has 23 heavy (non-hydrogen) atoms. The first-order valence-corrected chi connectivity index (χ1v) is 8.53. The first kappa shape index (κ1) is 15.5. The Balaban J connectivity index is 1.67. The zero-order valence-corrected chi connectivity index (χ0v) is 13.3. The molecule has 1 aromatic heterocycles. The highest BCUT2D eigenvalue weighted by atomic mass is 32.2. The topological polar surface area (TPSA) is 83.3 Å². The van der Waals surface area contributed by atoms with Crippen molar-refractivity contribution in [1.82, 2.24) is 9.29 Å². The monoisotopic (exact) mass is 329 g/mol. The Morgan fingerprint density at radius 1 is 1.26 bits per heavy atom. The van der Waals surface area contributed by atoms with Crippen molar-refractivity contribution in [2.45, 2.75) is 17.9 Å². The van der Waals surface area contributed by atoms with E-state index in [-0.39, 0.29) is 30.0 Å². The van der Waals surface area contributed by atoms with Gasteiger partial charge >= 0.3 is 0 Å². The third kappa shape index (κ3) is 3.04. The second-order valence-corrected chi connectivity index (χ2v) is 7.28. The number of rotatable bonds is 4. The minimum Gasteiger partial charge on any atom is -0.471 e. The van der Waals surface area contributed by atoms with Gasteiger partial charge in [0.25, 0.3) is 0 Å². The molecule has 0 amide bonds. The summed E-state index contributed by atoms with van der Waals surface area (Å²) < 4.78 is 31.9. The Morgan fingerprint density at radius 3 is 2.61 bits per heavy atom. The third-order valence-corrected chi connectivity index (χ3v) is 5.49. The molecule has 1 aliphatic rings. The quantitative estimate of drug-likeness (QED) is 0.853. The summed E-state index contributed by atoms with van der Waals surface area (Å²) in [4.78, 5) is 4.29. The number of sulfonamides is 1. The zero-order chi connectivity index (χ0) is 16.4. The molecule has 118 valence electrons. The average molecular weight is 329 g/mol. The van der Waals surface area contributed by atoms with E-state index in [0.717, 1.165) is 5.56 Å². The standard InChI is InChI=1S/C16H15N3O3S/c1-12-4-6-15(7-5-12)23(20,21)19-10-14(11-19)22-16-13(9-17)3-2-8-18-16/h2-8,14H,10-11H2,1H3. The maximum Gasteiger partial charge on any atom is 0.243 e. The minimum absolute atomic E-state index is 0.243. The number of aryl methyl sites for hydroxylation is 1. The van der Waals surface area contributed by atoms with Crippen molar-refractivity contribution in [3.05, 3.63) is 53.7 Å². The number of nitriles is 1. The van der Waals surface area contributed by atoms with Crippen molar-refractivity contribution in [2.24, 2.45) is 0 Å². The van der Waals surface area contributed by atoms with E-state index >= 15 is 0 Å². The van der Waals surface area contributed by atoms with Gasteiger partial charge in [-0.25, -0.2) is 13.4 Å².